The minimum Gasteiger partial charge on any atom is -0.394 e. The number of nitrogens with two attached hydrogens (primary N) is 1. The number of nitrogen functional groups attached to an aromatic ring is 1. The maximum Gasteiger partial charge on any atom is 0.268 e. The summed E-state index contributed by atoms with van der Waals surface area (Å²) in [6, 6.07) is 15.2. The number of carbonyl (C=O) groups excluding carboxylic acids is 1. The number of nitrogens with zero attached hydrogens (tertiary/aromatic N) is 1. The predicted molar refractivity (Wildman–Crippen MR) is 141 cm³/mol. The highest BCUT2D eigenvalue weighted by Gasteiger charge is 2.22. The van der Waals surface area contributed by atoms with Crippen LogP contribution in [0.4, 0.5) is 5.82 Å². The zero-order chi connectivity index (χ0) is 26.6. The molecule has 1 atom stereocenters. The van der Waals surface area contributed by atoms with Crippen molar-refractivity contribution in [1.82, 2.24) is 20.2 Å². The quantitative estimate of drug-likeness (QED) is 0.204. The zero-order valence-electron chi connectivity index (χ0n) is 19.9. The Morgan fingerprint density at radius 2 is 1.95 bits per heavy atom. The van der Waals surface area contributed by atoms with Crippen molar-refractivity contribution in [2.75, 3.05) is 18.1 Å². The molecule has 1 amide bonds. The number of amides is 1. The first-order valence-electron chi connectivity index (χ1n) is 11.4. The van der Waals surface area contributed by atoms with Crippen LogP contribution in [0.25, 0.3) is 22.5 Å². The number of hydrogen-bond donors (Lipinski definition) is 5. The highest BCUT2D eigenvalue weighted by Crippen LogP contribution is 2.38. The van der Waals surface area contributed by atoms with Gasteiger partial charge >= 0.3 is 0 Å². The van der Waals surface area contributed by atoms with Crippen molar-refractivity contribution in [3.8, 4) is 22.5 Å². The van der Waals surface area contributed by atoms with Crippen LogP contribution in [0.2, 0.25) is 5.02 Å². The molecule has 0 saturated carbocycles. The van der Waals surface area contributed by atoms with Crippen LogP contribution in [-0.4, -0.2) is 41.9 Å². The lowest BCUT2D eigenvalue weighted by Crippen LogP contribution is -2.30. The molecule has 37 heavy (non-hydrogen) atoms. The van der Waals surface area contributed by atoms with Gasteiger partial charge in [0.25, 0.3) is 5.91 Å². The summed E-state index contributed by atoms with van der Waals surface area (Å²) in [5.41, 5.74) is 9.33. The molecule has 2 heterocycles. The van der Waals surface area contributed by atoms with Crippen molar-refractivity contribution in [3.63, 3.8) is 0 Å². The highest BCUT2D eigenvalue weighted by molar-refractivity contribution is 7.89. The van der Waals surface area contributed by atoms with Gasteiger partial charge < -0.3 is 25.7 Å². The number of aromatic amines is 1. The van der Waals surface area contributed by atoms with E-state index in [9.17, 15) is 18.3 Å². The second-order valence-electron chi connectivity index (χ2n) is 8.22. The average molecular weight is 544 g/mol. The standard InChI is InChI=1S/C25H26ClN5O5S/c1-2-37(34,35)29-13-17-9-8-16(10-19(17)26)22-23(36-31-24(22)27)18-11-20(28-12-18)25(33)30-21(14-32)15-6-4-3-5-7-15/h3-12,21,28-29,32H,2,13-14H2,1H3,(H2,27,31)(H,30,33). The molecular formula is C25H26ClN5O5S. The number of anilines is 1. The Kier molecular flexibility index (Phi) is 7.98. The normalized spacial score (nSPS) is 12.4. The maximum absolute atomic E-state index is 12.8. The van der Waals surface area contributed by atoms with Crippen LogP contribution in [0.5, 0.6) is 0 Å². The molecule has 10 nitrogen and oxygen atoms in total. The molecule has 12 heteroatoms. The van der Waals surface area contributed by atoms with Crippen molar-refractivity contribution < 1.29 is 22.8 Å². The predicted octanol–water partition coefficient (Wildman–Crippen LogP) is 3.48. The number of aliphatic hydroxyl groups excluding tert-OH is 1. The van der Waals surface area contributed by atoms with Gasteiger partial charge in [0.05, 0.1) is 24.0 Å². The zero-order valence-corrected chi connectivity index (χ0v) is 21.4. The summed E-state index contributed by atoms with van der Waals surface area (Å²) >= 11 is 6.42. The summed E-state index contributed by atoms with van der Waals surface area (Å²) in [5, 5.41) is 16.8. The lowest BCUT2D eigenvalue weighted by Gasteiger charge is -2.16. The van der Waals surface area contributed by atoms with Crippen LogP contribution in [0.3, 0.4) is 0 Å². The number of benzene rings is 2. The Morgan fingerprint density at radius 1 is 1.19 bits per heavy atom. The van der Waals surface area contributed by atoms with Gasteiger partial charge in [0.1, 0.15) is 5.69 Å². The molecule has 0 saturated heterocycles. The van der Waals surface area contributed by atoms with Gasteiger partial charge in [-0.05, 0) is 35.7 Å². The molecule has 0 aliphatic heterocycles. The second-order valence-corrected chi connectivity index (χ2v) is 10.7. The van der Waals surface area contributed by atoms with Crippen molar-refractivity contribution in [1.29, 1.82) is 0 Å². The second kappa shape index (κ2) is 11.2. The third-order valence-electron chi connectivity index (χ3n) is 5.80. The van der Waals surface area contributed by atoms with E-state index in [0.29, 0.717) is 33.0 Å². The molecule has 0 fully saturated rings. The molecule has 0 aliphatic rings. The topological polar surface area (TPSA) is 163 Å². The molecule has 194 valence electrons. The van der Waals surface area contributed by atoms with E-state index in [4.69, 9.17) is 21.9 Å². The third kappa shape index (κ3) is 6.03. The number of halogens is 1. The van der Waals surface area contributed by atoms with Gasteiger partial charge in [-0.2, -0.15) is 0 Å². The molecule has 2 aromatic carbocycles. The number of aliphatic hydroxyl groups is 1. The largest absolute Gasteiger partial charge is 0.394 e. The van der Waals surface area contributed by atoms with Crippen molar-refractivity contribution in [2.45, 2.75) is 19.5 Å². The maximum atomic E-state index is 12.8. The fourth-order valence-electron chi connectivity index (χ4n) is 3.73. The first-order chi connectivity index (χ1) is 17.7. The molecule has 4 aromatic rings. The van der Waals surface area contributed by atoms with Gasteiger partial charge in [-0.3, -0.25) is 4.79 Å². The summed E-state index contributed by atoms with van der Waals surface area (Å²) in [4.78, 5) is 15.8. The van der Waals surface area contributed by atoms with Gasteiger partial charge in [0, 0.05) is 23.3 Å². The van der Waals surface area contributed by atoms with Gasteiger partial charge in [0.2, 0.25) is 10.0 Å². The van der Waals surface area contributed by atoms with Gasteiger partial charge in [0.15, 0.2) is 11.6 Å². The minimum absolute atomic E-state index is 0.0348. The first kappa shape index (κ1) is 26.4. The molecule has 4 rings (SSSR count). The molecule has 2 aromatic heterocycles. The van der Waals surface area contributed by atoms with Crippen LogP contribution in [0.1, 0.15) is 34.6 Å². The molecule has 0 aliphatic carbocycles. The van der Waals surface area contributed by atoms with E-state index >= 15 is 0 Å². The Morgan fingerprint density at radius 3 is 2.62 bits per heavy atom. The van der Waals surface area contributed by atoms with E-state index in [1.165, 1.54) is 0 Å². The van der Waals surface area contributed by atoms with E-state index in [2.05, 4.69) is 20.2 Å². The average Bonchev–Trinajstić information content (AvgIpc) is 3.54. The van der Waals surface area contributed by atoms with Crippen LogP contribution in [0.15, 0.2) is 65.3 Å². The lowest BCUT2D eigenvalue weighted by atomic mass is 10.0. The Bertz CT molecular complexity index is 1500. The van der Waals surface area contributed by atoms with Crippen molar-refractivity contribution in [3.05, 3.63) is 82.6 Å². The number of carbonyl (C=O) groups is 1. The van der Waals surface area contributed by atoms with Gasteiger partial charge in [-0.25, -0.2) is 13.1 Å². The first-order valence-corrected chi connectivity index (χ1v) is 13.4. The highest BCUT2D eigenvalue weighted by atomic mass is 35.5. The monoisotopic (exact) mass is 543 g/mol. The number of hydrogen-bond acceptors (Lipinski definition) is 7. The van der Waals surface area contributed by atoms with E-state index in [-0.39, 0.29) is 30.4 Å². The van der Waals surface area contributed by atoms with Crippen LogP contribution in [-0.2, 0) is 16.6 Å². The molecule has 0 spiro atoms. The summed E-state index contributed by atoms with van der Waals surface area (Å²) in [6.07, 6.45) is 1.59. The smallest absolute Gasteiger partial charge is 0.268 e. The molecule has 0 bridgehead atoms. The molecule has 6 N–H and O–H groups in total. The van der Waals surface area contributed by atoms with E-state index < -0.39 is 22.0 Å². The minimum atomic E-state index is -3.37. The number of nitrogens with one attached hydrogen (secondary N) is 3. The summed E-state index contributed by atoms with van der Waals surface area (Å²) in [6.45, 7) is 1.34. The number of sulfonamides is 1. The Balaban J connectivity index is 1.56. The van der Waals surface area contributed by atoms with Crippen LogP contribution < -0.4 is 15.8 Å². The summed E-state index contributed by atoms with van der Waals surface area (Å²) in [7, 11) is -3.37. The molecular weight excluding hydrogens is 518 g/mol. The van der Waals surface area contributed by atoms with E-state index in [0.717, 1.165) is 5.56 Å². The van der Waals surface area contributed by atoms with Gasteiger partial charge in [-0.15, -0.1) is 0 Å². The van der Waals surface area contributed by atoms with Crippen LogP contribution >= 0.6 is 11.6 Å². The number of aromatic nitrogens is 2. The van der Waals surface area contributed by atoms with E-state index in [1.54, 1.807) is 37.4 Å². The summed E-state index contributed by atoms with van der Waals surface area (Å²) in [5.74, 6) is 0.00433. The van der Waals surface area contributed by atoms with Crippen LogP contribution in [0, 0.1) is 0 Å². The molecule has 1 unspecified atom stereocenters. The SMILES string of the molecule is CCS(=O)(=O)NCc1ccc(-c2c(N)noc2-c2c[nH]c(C(=O)NC(CO)c3ccccc3)c2)cc1Cl. The lowest BCUT2D eigenvalue weighted by molar-refractivity contribution is 0.0911. The number of H-pyrrole nitrogens is 1. The third-order valence-corrected chi connectivity index (χ3v) is 7.50. The van der Waals surface area contributed by atoms with Crippen molar-refractivity contribution in [2.24, 2.45) is 0 Å². The fraction of sp³-hybridized carbons (Fsp3) is 0.200. The summed E-state index contributed by atoms with van der Waals surface area (Å²) < 4.78 is 31.5. The van der Waals surface area contributed by atoms with Gasteiger partial charge in [-0.1, -0.05) is 59.2 Å². The Hall–Kier alpha value is -3.64. The van der Waals surface area contributed by atoms with E-state index in [1.807, 2.05) is 30.3 Å². The fourth-order valence-corrected chi connectivity index (χ4v) is 4.55. The molecule has 0 radical (unpaired) electrons. The number of rotatable bonds is 10. The Labute approximate surface area is 218 Å². The van der Waals surface area contributed by atoms with Crippen molar-refractivity contribution >= 4 is 33.3 Å².